The van der Waals surface area contributed by atoms with Gasteiger partial charge in [-0.2, -0.15) is 18.4 Å². The van der Waals surface area contributed by atoms with Crippen LogP contribution in [0.4, 0.5) is 22.0 Å². The molecule has 3 nitrogen and oxygen atoms in total. The van der Waals surface area contributed by atoms with Crippen LogP contribution in [0.1, 0.15) is 33.5 Å². The van der Waals surface area contributed by atoms with E-state index in [4.69, 9.17) is 5.26 Å². The number of rotatable bonds is 2. The van der Waals surface area contributed by atoms with Crippen molar-refractivity contribution in [1.29, 1.82) is 5.26 Å². The summed E-state index contributed by atoms with van der Waals surface area (Å²) in [5, 5.41) is 8.68. The number of ether oxygens (including phenoxy) is 1. The minimum Gasteiger partial charge on any atom is -0.465 e. The first-order valence-electron chi connectivity index (χ1n) is 4.74. The van der Waals surface area contributed by atoms with Crippen molar-refractivity contribution in [3.8, 4) is 6.07 Å². The van der Waals surface area contributed by atoms with E-state index in [-0.39, 0.29) is 6.07 Å². The van der Waals surface area contributed by atoms with Gasteiger partial charge in [0.1, 0.15) is 6.07 Å². The molecule has 0 N–H and O–H groups in total. The van der Waals surface area contributed by atoms with E-state index in [1.165, 1.54) is 6.07 Å². The molecule has 0 bridgehead atoms. The van der Waals surface area contributed by atoms with E-state index in [9.17, 15) is 26.7 Å². The molecule has 0 saturated heterocycles. The van der Waals surface area contributed by atoms with Crippen molar-refractivity contribution in [3.63, 3.8) is 0 Å². The van der Waals surface area contributed by atoms with Gasteiger partial charge in [-0.1, -0.05) is 0 Å². The van der Waals surface area contributed by atoms with E-state index in [1.807, 2.05) is 0 Å². The fourth-order valence-electron chi connectivity index (χ4n) is 1.41. The number of hydrogen-bond acceptors (Lipinski definition) is 3. The Morgan fingerprint density at radius 3 is 2.32 bits per heavy atom. The molecule has 0 amide bonds. The maximum absolute atomic E-state index is 12.6. The maximum Gasteiger partial charge on any atom is 0.416 e. The molecule has 19 heavy (non-hydrogen) atoms. The van der Waals surface area contributed by atoms with Crippen LogP contribution in [-0.4, -0.2) is 13.1 Å². The van der Waals surface area contributed by atoms with E-state index in [0.717, 1.165) is 7.11 Å². The van der Waals surface area contributed by atoms with Crippen molar-refractivity contribution >= 4 is 5.97 Å². The van der Waals surface area contributed by atoms with Gasteiger partial charge in [0.05, 0.1) is 23.8 Å². The van der Waals surface area contributed by atoms with Gasteiger partial charge in [-0.25, -0.2) is 13.6 Å². The van der Waals surface area contributed by atoms with Gasteiger partial charge in [0.2, 0.25) is 0 Å². The van der Waals surface area contributed by atoms with E-state index in [2.05, 4.69) is 4.74 Å². The van der Waals surface area contributed by atoms with Crippen LogP contribution in [0, 0.1) is 11.3 Å². The Bertz CT molecular complexity index is 545. The molecule has 0 unspecified atom stereocenters. The summed E-state index contributed by atoms with van der Waals surface area (Å²) in [6.07, 6.45) is -8.49. The second-order valence-corrected chi connectivity index (χ2v) is 3.39. The smallest absolute Gasteiger partial charge is 0.416 e. The summed E-state index contributed by atoms with van der Waals surface area (Å²) in [4.78, 5) is 11.2. The zero-order valence-corrected chi connectivity index (χ0v) is 9.39. The molecule has 0 saturated carbocycles. The van der Waals surface area contributed by atoms with Crippen LogP contribution in [-0.2, 0) is 10.9 Å². The third kappa shape index (κ3) is 2.99. The van der Waals surface area contributed by atoms with Gasteiger partial charge in [0.15, 0.2) is 0 Å². The van der Waals surface area contributed by atoms with Gasteiger partial charge in [-0.05, 0) is 12.1 Å². The second kappa shape index (κ2) is 5.22. The molecule has 0 fully saturated rings. The van der Waals surface area contributed by atoms with E-state index in [0.29, 0.717) is 6.07 Å². The lowest BCUT2D eigenvalue weighted by atomic mass is 9.98. The molecule has 0 radical (unpaired) electrons. The predicted octanol–water partition coefficient (Wildman–Crippen LogP) is 3.30. The van der Waals surface area contributed by atoms with Crippen molar-refractivity contribution in [3.05, 3.63) is 34.4 Å². The number of carbonyl (C=O) groups is 1. The maximum atomic E-state index is 12.6. The molecular formula is C11H6F5NO2. The van der Waals surface area contributed by atoms with Gasteiger partial charge in [-0.3, -0.25) is 0 Å². The van der Waals surface area contributed by atoms with Crippen LogP contribution in [0.3, 0.4) is 0 Å². The Balaban J connectivity index is 3.63. The standard InChI is InChI=1S/C11H6F5NO2/c1-19-10(18)6-3-8(11(14,15)16)7(9(12)13)2-5(6)4-17/h2-3,9H,1H3. The molecule has 0 aliphatic rings. The summed E-state index contributed by atoms with van der Waals surface area (Å²) in [6, 6.07) is 1.93. The number of esters is 1. The second-order valence-electron chi connectivity index (χ2n) is 3.39. The minimum absolute atomic E-state index is 0.200. The van der Waals surface area contributed by atoms with Gasteiger partial charge >= 0.3 is 12.1 Å². The third-order valence-corrected chi connectivity index (χ3v) is 2.26. The van der Waals surface area contributed by atoms with Crippen LogP contribution in [0.25, 0.3) is 0 Å². The molecule has 0 aliphatic carbocycles. The van der Waals surface area contributed by atoms with Crippen LogP contribution in [0.2, 0.25) is 0 Å². The molecule has 1 aromatic carbocycles. The molecule has 1 rings (SSSR count). The molecular weight excluding hydrogens is 273 g/mol. The lowest BCUT2D eigenvalue weighted by Gasteiger charge is -2.14. The van der Waals surface area contributed by atoms with Gasteiger partial charge in [0, 0.05) is 5.56 Å². The summed E-state index contributed by atoms with van der Waals surface area (Å²) >= 11 is 0. The van der Waals surface area contributed by atoms with Crippen molar-refractivity contribution in [1.82, 2.24) is 0 Å². The summed E-state index contributed by atoms with van der Waals surface area (Å²) in [7, 11) is 0.901. The van der Waals surface area contributed by atoms with Crippen molar-refractivity contribution in [2.24, 2.45) is 0 Å². The van der Waals surface area contributed by atoms with Gasteiger partial charge < -0.3 is 4.74 Å². The number of nitrogens with zero attached hydrogens (tertiary/aromatic N) is 1. The quantitative estimate of drug-likeness (QED) is 0.616. The topological polar surface area (TPSA) is 50.1 Å². The zero-order valence-electron chi connectivity index (χ0n) is 9.39. The number of carbonyl (C=O) groups excluding carboxylic acids is 1. The molecule has 0 aromatic heterocycles. The number of benzene rings is 1. The Hall–Kier alpha value is -2.17. The van der Waals surface area contributed by atoms with Crippen molar-refractivity contribution in [2.75, 3.05) is 7.11 Å². The zero-order chi connectivity index (χ0) is 14.8. The van der Waals surface area contributed by atoms with Crippen molar-refractivity contribution in [2.45, 2.75) is 12.6 Å². The average Bonchev–Trinajstić information content (AvgIpc) is 2.34. The van der Waals surface area contributed by atoms with Crippen LogP contribution in [0.5, 0.6) is 0 Å². The van der Waals surface area contributed by atoms with Crippen LogP contribution in [0.15, 0.2) is 12.1 Å². The van der Waals surface area contributed by atoms with Gasteiger partial charge in [-0.15, -0.1) is 0 Å². The predicted molar refractivity (Wildman–Crippen MR) is 52.5 cm³/mol. The number of nitriles is 1. The largest absolute Gasteiger partial charge is 0.465 e. The van der Waals surface area contributed by atoms with E-state index >= 15 is 0 Å². The highest BCUT2D eigenvalue weighted by molar-refractivity contribution is 5.92. The van der Waals surface area contributed by atoms with Crippen LogP contribution >= 0.6 is 0 Å². The Kier molecular flexibility index (Phi) is 4.09. The SMILES string of the molecule is COC(=O)c1cc(C(F)(F)F)c(C(F)F)cc1C#N. The highest BCUT2D eigenvalue weighted by atomic mass is 19.4. The molecule has 0 atom stereocenters. The Labute approximate surface area is 104 Å². The van der Waals surface area contributed by atoms with E-state index < -0.39 is 40.8 Å². The first kappa shape index (κ1) is 14.9. The molecule has 8 heteroatoms. The molecule has 0 heterocycles. The summed E-state index contributed by atoms with van der Waals surface area (Å²) < 4.78 is 67.2. The van der Waals surface area contributed by atoms with Crippen LogP contribution < -0.4 is 0 Å². The first-order chi connectivity index (χ1) is 8.72. The third-order valence-electron chi connectivity index (χ3n) is 2.26. The summed E-state index contributed by atoms with van der Waals surface area (Å²) in [6.45, 7) is 0. The minimum atomic E-state index is -5.07. The highest BCUT2D eigenvalue weighted by Gasteiger charge is 2.37. The molecule has 0 aliphatic heterocycles. The Morgan fingerprint density at radius 1 is 1.37 bits per heavy atom. The summed E-state index contributed by atoms with van der Waals surface area (Å²) in [5.41, 5.74) is -4.32. The average molecular weight is 279 g/mol. The Morgan fingerprint density at radius 2 is 1.95 bits per heavy atom. The molecule has 1 aromatic rings. The fraction of sp³-hybridized carbons (Fsp3) is 0.273. The fourth-order valence-corrected chi connectivity index (χ4v) is 1.41. The normalized spacial score (nSPS) is 11.3. The number of hydrogen-bond donors (Lipinski definition) is 0. The number of methoxy groups -OCH3 is 1. The lowest BCUT2D eigenvalue weighted by Crippen LogP contribution is -2.14. The van der Waals surface area contributed by atoms with E-state index in [1.54, 1.807) is 0 Å². The summed E-state index contributed by atoms with van der Waals surface area (Å²) in [5.74, 6) is -1.21. The van der Waals surface area contributed by atoms with Gasteiger partial charge in [0.25, 0.3) is 6.43 Å². The monoisotopic (exact) mass is 279 g/mol. The first-order valence-corrected chi connectivity index (χ1v) is 4.74. The lowest BCUT2D eigenvalue weighted by molar-refractivity contribution is -0.139. The molecule has 0 spiro atoms. The molecule has 102 valence electrons. The number of halogens is 5. The van der Waals surface area contributed by atoms with Crippen molar-refractivity contribution < 1.29 is 31.5 Å². The number of alkyl halides is 5. The highest BCUT2D eigenvalue weighted by Crippen LogP contribution is 2.38.